The average molecular weight is 687 g/mol. The minimum absolute atomic E-state index is 1.26. The van der Waals surface area contributed by atoms with Gasteiger partial charge in [0, 0.05) is 15.6 Å². The van der Waals surface area contributed by atoms with E-state index in [1.165, 1.54) is 120 Å². The molecule has 0 saturated carbocycles. The molecule has 0 nitrogen and oxygen atoms in total. The summed E-state index contributed by atoms with van der Waals surface area (Å²) in [5.74, 6) is 0. The summed E-state index contributed by atoms with van der Waals surface area (Å²) in [6, 6.07) is 65.8. The molecule has 11 aromatic rings. The van der Waals surface area contributed by atoms with Crippen LogP contribution in [-0.2, 0) is 0 Å². The van der Waals surface area contributed by atoms with E-state index in [1.54, 1.807) is 0 Å². The number of rotatable bonds is 3. The van der Waals surface area contributed by atoms with E-state index in [1.807, 2.05) is 11.3 Å². The van der Waals surface area contributed by atoms with E-state index in [2.05, 4.69) is 181 Å². The number of benzene rings is 10. The summed E-state index contributed by atoms with van der Waals surface area (Å²) in [5.41, 5.74) is 13.1. The van der Waals surface area contributed by atoms with Gasteiger partial charge in [-0.15, -0.1) is 11.3 Å². The molecule has 0 atom stereocenters. The van der Waals surface area contributed by atoms with Crippen LogP contribution in [0.25, 0.3) is 120 Å². The zero-order chi connectivity index (χ0) is 34.6. The molecule has 0 amide bonds. The fraction of sp³-hybridized carbons (Fsp3) is 0. The van der Waals surface area contributed by atoms with Crippen LogP contribution in [-0.4, -0.2) is 0 Å². The molecule has 0 unspecified atom stereocenters. The predicted molar refractivity (Wildman–Crippen MR) is 230 cm³/mol. The Morgan fingerprint density at radius 1 is 0.264 bits per heavy atom. The zero-order valence-electron chi connectivity index (χ0n) is 28.7. The van der Waals surface area contributed by atoms with Gasteiger partial charge in [-0.2, -0.15) is 0 Å². The monoisotopic (exact) mass is 686 g/mol. The summed E-state index contributed by atoms with van der Waals surface area (Å²) in [6.45, 7) is 0. The second kappa shape index (κ2) is 11.0. The highest BCUT2D eigenvalue weighted by atomic mass is 32.1. The Bertz CT molecular complexity index is 3200. The number of fused-ring (bicyclic) bond motifs is 9. The van der Waals surface area contributed by atoms with E-state index in [0.717, 1.165) is 0 Å². The first kappa shape index (κ1) is 29.1. The Morgan fingerprint density at radius 2 is 0.736 bits per heavy atom. The Kier molecular flexibility index (Phi) is 6.03. The quantitative estimate of drug-likeness (QED) is 0.174. The van der Waals surface area contributed by atoms with E-state index >= 15 is 0 Å². The number of hydrogen-bond acceptors (Lipinski definition) is 1. The zero-order valence-corrected chi connectivity index (χ0v) is 29.5. The SMILES string of the molecule is c1ccc2c(-c3c4c(c(-c5cccc6ccccc56)c5ccccc35)-c3ccc(-c5cc6ccccc6c6ccsc56)c5cccc-4c35)cccc2c1. The highest BCUT2D eigenvalue weighted by molar-refractivity contribution is 7.18. The lowest BCUT2D eigenvalue weighted by molar-refractivity contribution is 1.65. The third-order valence-corrected chi connectivity index (χ3v) is 12.6. The van der Waals surface area contributed by atoms with E-state index in [0.29, 0.717) is 0 Å². The van der Waals surface area contributed by atoms with Gasteiger partial charge in [0.15, 0.2) is 0 Å². The van der Waals surface area contributed by atoms with Crippen molar-refractivity contribution in [3.05, 3.63) is 181 Å². The lowest BCUT2D eigenvalue weighted by atomic mass is 9.81. The Balaban J connectivity index is 1.27. The van der Waals surface area contributed by atoms with Gasteiger partial charge < -0.3 is 0 Å². The highest BCUT2D eigenvalue weighted by Crippen LogP contribution is 2.59. The fourth-order valence-electron chi connectivity index (χ4n) is 9.50. The maximum Gasteiger partial charge on any atom is 0.0427 e. The second-order valence-corrected chi connectivity index (χ2v) is 15.2. The average Bonchev–Trinajstić information content (AvgIpc) is 3.85. The molecule has 1 heteroatoms. The molecule has 0 aliphatic heterocycles. The van der Waals surface area contributed by atoms with Crippen LogP contribution in [0.4, 0.5) is 0 Å². The Labute approximate surface area is 310 Å². The smallest absolute Gasteiger partial charge is 0.0427 e. The van der Waals surface area contributed by atoms with E-state index < -0.39 is 0 Å². The summed E-state index contributed by atoms with van der Waals surface area (Å²) in [7, 11) is 0. The van der Waals surface area contributed by atoms with E-state index in [4.69, 9.17) is 0 Å². The summed E-state index contributed by atoms with van der Waals surface area (Å²) < 4.78 is 1.35. The van der Waals surface area contributed by atoms with Crippen LogP contribution in [0.1, 0.15) is 0 Å². The van der Waals surface area contributed by atoms with Gasteiger partial charge in [-0.05, 0) is 121 Å². The molecule has 12 rings (SSSR count). The third kappa shape index (κ3) is 4.00. The molecule has 1 heterocycles. The lowest BCUT2D eigenvalue weighted by Gasteiger charge is -2.22. The van der Waals surface area contributed by atoms with Gasteiger partial charge in [0.2, 0.25) is 0 Å². The fourth-order valence-corrected chi connectivity index (χ4v) is 10.4. The van der Waals surface area contributed by atoms with Crippen LogP contribution in [0.5, 0.6) is 0 Å². The molecule has 1 aliphatic rings. The van der Waals surface area contributed by atoms with E-state index in [-0.39, 0.29) is 0 Å². The van der Waals surface area contributed by atoms with Crippen molar-refractivity contribution in [2.24, 2.45) is 0 Å². The normalized spacial score (nSPS) is 12.2. The molecule has 53 heavy (non-hydrogen) atoms. The van der Waals surface area contributed by atoms with Crippen molar-refractivity contribution in [3.63, 3.8) is 0 Å². The first-order chi connectivity index (χ1) is 26.3. The summed E-state index contributed by atoms with van der Waals surface area (Å²) in [5, 5.41) is 16.5. The molecular formula is C52H30S. The summed E-state index contributed by atoms with van der Waals surface area (Å²) in [4.78, 5) is 0. The van der Waals surface area contributed by atoms with Gasteiger partial charge >= 0.3 is 0 Å². The maximum absolute atomic E-state index is 2.43. The summed E-state index contributed by atoms with van der Waals surface area (Å²) in [6.07, 6.45) is 0. The van der Waals surface area contributed by atoms with Crippen LogP contribution >= 0.6 is 11.3 Å². The largest absolute Gasteiger partial charge is 0.143 e. The lowest BCUT2D eigenvalue weighted by Crippen LogP contribution is -1.94. The van der Waals surface area contributed by atoms with Gasteiger partial charge in [0.05, 0.1) is 0 Å². The number of hydrogen-bond donors (Lipinski definition) is 0. The maximum atomic E-state index is 2.43. The molecule has 10 aromatic carbocycles. The standard InChI is InChI=1S/C52H30S/c1-4-17-34-31(12-1)15-9-22-38(34)48-41-20-7-8-21-42(41)49(39-23-10-16-32-13-2-5-18-35(32)39)51-45-27-26-37(40-24-11-25-44(47(40)45)50(48)51)46-30-33-14-3-6-19-36(33)43-28-29-53-52(43)46/h1-30H. The minimum Gasteiger partial charge on any atom is -0.143 e. The predicted octanol–water partition coefficient (Wildman–Crippen LogP) is 15.3. The van der Waals surface area contributed by atoms with Crippen molar-refractivity contribution < 1.29 is 0 Å². The van der Waals surface area contributed by atoms with Gasteiger partial charge in [0.25, 0.3) is 0 Å². The Morgan fingerprint density at radius 3 is 1.40 bits per heavy atom. The van der Waals surface area contributed by atoms with Gasteiger partial charge in [-0.25, -0.2) is 0 Å². The first-order valence-electron chi connectivity index (χ1n) is 18.3. The second-order valence-electron chi connectivity index (χ2n) is 14.3. The molecule has 0 N–H and O–H groups in total. The van der Waals surface area contributed by atoms with Crippen molar-refractivity contribution >= 4 is 75.3 Å². The molecule has 0 saturated heterocycles. The van der Waals surface area contributed by atoms with Crippen molar-refractivity contribution in [2.45, 2.75) is 0 Å². The molecule has 1 aromatic heterocycles. The van der Waals surface area contributed by atoms with Crippen LogP contribution in [0.3, 0.4) is 0 Å². The number of thiophene rings is 1. The van der Waals surface area contributed by atoms with Crippen molar-refractivity contribution in [1.82, 2.24) is 0 Å². The molecule has 0 bridgehead atoms. The highest BCUT2D eigenvalue weighted by Gasteiger charge is 2.32. The molecule has 1 aliphatic carbocycles. The van der Waals surface area contributed by atoms with E-state index in [9.17, 15) is 0 Å². The third-order valence-electron chi connectivity index (χ3n) is 11.7. The molecular weight excluding hydrogens is 657 g/mol. The van der Waals surface area contributed by atoms with Gasteiger partial charge in [0.1, 0.15) is 0 Å². The van der Waals surface area contributed by atoms with Crippen molar-refractivity contribution in [2.75, 3.05) is 0 Å². The van der Waals surface area contributed by atoms with Gasteiger partial charge in [-0.1, -0.05) is 164 Å². The van der Waals surface area contributed by atoms with Crippen LogP contribution in [0.15, 0.2) is 181 Å². The minimum atomic E-state index is 1.26. The van der Waals surface area contributed by atoms with Crippen LogP contribution in [0, 0.1) is 0 Å². The summed E-state index contributed by atoms with van der Waals surface area (Å²) >= 11 is 1.85. The molecule has 244 valence electrons. The molecule has 0 fully saturated rings. The van der Waals surface area contributed by atoms with Gasteiger partial charge in [-0.3, -0.25) is 0 Å². The van der Waals surface area contributed by atoms with Crippen molar-refractivity contribution in [3.8, 4) is 55.6 Å². The van der Waals surface area contributed by atoms with Crippen LogP contribution in [0.2, 0.25) is 0 Å². The topological polar surface area (TPSA) is 0 Å². The first-order valence-corrected chi connectivity index (χ1v) is 19.2. The van der Waals surface area contributed by atoms with Crippen LogP contribution < -0.4 is 0 Å². The molecule has 0 spiro atoms. The molecule has 0 radical (unpaired) electrons. The van der Waals surface area contributed by atoms with Crippen molar-refractivity contribution in [1.29, 1.82) is 0 Å². The Hall–Kier alpha value is -6.54.